The largest absolute Gasteiger partial charge is 0.366 e. The van der Waals surface area contributed by atoms with E-state index in [9.17, 15) is 0 Å². The first-order chi connectivity index (χ1) is 8.83. The fraction of sp³-hybridized carbons (Fsp3) is 0.333. The molecule has 102 valence electrons. The van der Waals surface area contributed by atoms with E-state index in [1.165, 1.54) is 0 Å². The minimum atomic E-state index is -0.146. The average Bonchev–Trinajstić information content (AvgIpc) is 2.89. The molecule has 3 rings (SSSR count). The molecule has 0 bridgehead atoms. The molecule has 0 radical (unpaired) electrons. The standard InChI is InChI=1S/C12H12BrN3O2.ClH/c13-9-3-1-2-8(6-9)11-15-12(18-16-11)10-7-14-4-5-17-10;/h1-3,6,10,14H,4-5,7H2;1H/t10-;/m0./s1. The van der Waals surface area contributed by atoms with Gasteiger partial charge >= 0.3 is 0 Å². The maximum atomic E-state index is 5.57. The molecular weight excluding hydrogens is 334 g/mol. The predicted molar refractivity (Wildman–Crippen MR) is 76.2 cm³/mol. The molecule has 1 N–H and O–H groups in total. The van der Waals surface area contributed by atoms with Gasteiger partial charge in [-0.1, -0.05) is 33.2 Å². The maximum absolute atomic E-state index is 5.57. The van der Waals surface area contributed by atoms with Crippen molar-refractivity contribution in [1.82, 2.24) is 15.5 Å². The van der Waals surface area contributed by atoms with Crippen molar-refractivity contribution >= 4 is 28.3 Å². The summed E-state index contributed by atoms with van der Waals surface area (Å²) in [6.07, 6.45) is -0.146. The van der Waals surface area contributed by atoms with Gasteiger partial charge in [0.25, 0.3) is 5.89 Å². The lowest BCUT2D eigenvalue weighted by Gasteiger charge is -2.19. The van der Waals surface area contributed by atoms with E-state index < -0.39 is 0 Å². The van der Waals surface area contributed by atoms with Crippen LogP contribution < -0.4 is 5.32 Å². The Labute approximate surface area is 125 Å². The molecule has 0 unspecified atom stereocenters. The van der Waals surface area contributed by atoms with E-state index in [0.717, 1.165) is 16.6 Å². The SMILES string of the molecule is Brc1cccc(-c2noc([C@@H]3CNCCO3)n2)c1.Cl. The van der Waals surface area contributed by atoms with Crippen molar-refractivity contribution in [2.24, 2.45) is 0 Å². The van der Waals surface area contributed by atoms with Crippen LogP contribution in [0.3, 0.4) is 0 Å². The Morgan fingerprint density at radius 3 is 3.00 bits per heavy atom. The maximum Gasteiger partial charge on any atom is 0.257 e. The number of rotatable bonds is 2. The van der Waals surface area contributed by atoms with E-state index in [-0.39, 0.29) is 18.5 Å². The normalized spacial score (nSPS) is 18.9. The third kappa shape index (κ3) is 3.33. The molecule has 1 aliphatic heterocycles. The van der Waals surface area contributed by atoms with Crippen LogP contribution >= 0.6 is 28.3 Å². The first-order valence-corrected chi connectivity index (χ1v) is 6.54. The minimum absolute atomic E-state index is 0. The molecule has 5 nitrogen and oxygen atoms in total. The van der Waals surface area contributed by atoms with Gasteiger partial charge in [-0.15, -0.1) is 12.4 Å². The van der Waals surface area contributed by atoms with Crippen molar-refractivity contribution in [3.05, 3.63) is 34.6 Å². The number of nitrogens with one attached hydrogen (secondary N) is 1. The highest BCUT2D eigenvalue weighted by atomic mass is 79.9. The van der Waals surface area contributed by atoms with Crippen molar-refractivity contribution in [3.63, 3.8) is 0 Å². The zero-order valence-corrected chi connectivity index (χ0v) is 12.4. The molecule has 1 fully saturated rings. The van der Waals surface area contributed by atoms with E-state index in [1.807, 2.05) is 24.3 Å². The number of halogens is 2. The quantitative estimate of drug-likeness (QED) is 0.905. The average molecular weight is 347 g/mol. The summed E-state index contributed by atoms with van der Waals surface area (Å²) in [5.41, 5.74) is 0.920. The van der Waals surface area contributed by atoms with Crippen LogP contribution in [0.15, 0.2) is 33.3 Å². The topological polar surface area (TPSA) is 60.2 Å². The van der Waals surface area contributed by atoms with Crippen molar-refractivity contribution in [2.75, 3.05) is 19.7 Å². The van der Waals surface area contributed by atoms with Crippen molar-refractivity contribution in [1.29, 1.82) is 0 Å². The molecule has 1 aliphatic rings. The molecule has 0 spiro atoms. The first kappa shape index (κ1) is 14.5. The fourth-order valence-electron chi connectivity index (χ4n) is 1.83. The number of hydrogen-bond acceptors (Lipinski definition) is 5. The lowest BCUT2D eigenvalue weighted by Crippen LogP contribution is -2.33. The van der Waals surface area contributed by atoms with Crippen LogP contribution in [0.2, 0.25) is 0 Å². The molecule has 2 heterocycles. The van der Waals surface area contributed by atoms with Crippen molar-refractivity contribution in [2.45, 2.75) is 6.10 Å². The predicted octanol–water partition coefficient (Wildman–Crippen LogP) is 2.58. The lowest BCUT2D eigenvalue weighted by molar-refractivity contribution is 0.00755. The second-order valence-corrected chi connectivity index (χ2v) is 4.95. The molecule has 0 saturated carbocycles. The lowest BCUT2D eigenvalue weighted by atomic mass is 10.2. The molecule has 1 aromatic carbocycles. The monoisotopic (exact) mass is 345 g/mol. The third-order valence-electron chi connectivity index (χ3n) is 2.73. The summed E-state index contributed by atoms with van der Waals surface area (Å²) >= 11 is 3.42. The summed E-state index contributed by atoms with van der Waals surface area (Å²) in [7, 11) is 0. The Hall–Kier alpha value is -0.950. The molecule has 0 amide bonds. The van der Waals surface area contributed by atoms with Crippen molar-refractivity contribution in [3.8, 4) is 11.4 Å². The molecule has 2 aromatic rings. The minimum Gasteiger partial charge on any atom is -0.366 e. The van der Waals surface area contributed by atoms with Gasteiger partial charge in [0.15, 0.2) is 0 Å². The Bertz CT molecular complexity index is 543. The molecule has 1 aromatic heterocycles. The summed E-state index contributed by atoms with van der Waals surface area (Å²) in [4.78, 5) is 4.38. The van der Waals surface area contributed by atoms with Gasteiger partial charge in [0, 0.05) is 23.1 Å². The second-order valence-electron chi connectivity index (χ2n) is 4.03. The smallest absolute Gasteiger partial charge is 0.257 e. The molecule has 1 atom stereocenters. The van der Waals surface area contributed by atoms with Crippen LogP contribution in [-0.4, -0.2) is 29.8 Å². The van der Waals surface area contributed by atoms with Gasteiger partial charge in [-0.2, -0.15) is 4.98 Å². The van der Waals surface area contributed by atoms with Gasteiger partial charge in [-0.25, -0.2) is 0 Å². The summed E-state index contributed by atoms with van der Waals surface area (Å²) in [5.74, 6) is 1.11. The molecule has 7 heteroatoms. The van der Waals surface area contributed by atoms with E-state index >= 15 is 0 Å². The third-order valence-corrected chi connectivity index (χ3v) is 3.22. The highest BCUT2D eigenvalue weighted by Crippen LogP contribution is 2.23. The summed E-state index contributed by atoms with van der Waals surface area (Å²) < 4.78 is 11.8. The number of hydrogen-bond donors (Lipinski definition) is 1. The van der Waals surface area contributed by atoms with E-state index in [2.05, 4.69) is 31.4 Å². The summed E-state index contributed by atoms with van der Waals surface area (Å²) in [6.45, 7) is 2.24. The molecule has 1 saturated heterocycles. The van der Waals surface area contributed by atoms with Crippen LogP contribution in [0.4, 0.5) is 0 Å². The molecule has 19 heavy (non-hydrogen) atoms. The number of benzene rings is 1. The Balaban J connectivity index is 0.00000133. The van der Waals surface area contributed by atoms with Crippen LogP contribution in [0.25, 0.3) is 11.4 Å². The fourth-order valence-corrected chi connectivity index (χ4v) is 2.23. The van der Waals surface area contributed by atoms with Gasteiger partial charge in [-0.05, 0) is 12.1 Å². The Kier molecular flexibility index (Phi) is 4.93. The zero-order chi connectivity index (χ0) is 12.4. The van der Waals surface area contributed by atoms with E-state index in [4.69, 9.17) is 9.26 Å². The Morgan fingerprint density at radius 1 is 1.37 bits per heavy atom. The van der Waals surface area contributed by atoms with Crippen LogP contribution in [0.1, 0.15) is 12.0 Å². The first-order valence-electron chi connectivity index (χ1n) is 5.75. The van der Waals surface area contributed by atoms with Crippen LogP contribution in [-0.2, 0) is 4.74 Å². The van der Waals surface area contributed by atoms with Gasteiger partial charge in [-0.3, -0.25) is 0 Å². The number of morpholine rings is 1. The van der Waals surface area contributed by atoms with Gasteiger partial charge in [0.2, 0.25) is 5.82 Å². The number of aromatic nitrogens is 2. The number of nitrogens with zero attached hydrogens (tertiary/aromatic N) is 2. The van der Waals surface area contributed by atoms with Crippen LogP contribution in [0, 0.1) is 0 Å². The highest BCUT2D eigenvalue weighted by molar-refractivity contribution is 9.10. The molecule has 0 aliphatic carbocycles. The van der Waals surface area contributed by atoms with Crippen molar-refractivity contribution < 1.29 is 9.26 Å². The van der Waals surface area contributed by atoms with Crippen LogP contribution in [0.5, 0.6) is 0 Å². The molecular formula is C12H13BrClN3O2. The van der Waals surface area contributed by atoms with Gasteiger partial charge in [0.1, 0.15) is 6.10 Å². The Morgan fingerprint density at radius 2 is 2.26 bits per heavy atom. The van der Waals surface area contributed by atoms with Gasteiger partial charge in [0.05, 0.1) is 6.61 Å². The van der Waals surface area contributed by atoms with Gasteiger partial charge < -0.3 is 14.6 Å². The van der Waals surface area contributed by atoms with E-state index in [1.54, 1.807) is 0 Å². The highest BCUT2D eigenvalue weighted by Gasteiger charge is 2.22. The summed E-state index contributed by atoms with van der Waals surface area (Å²) in [5, 5.41) is 7.22. The van der Waals surface area contributed by atoms with E-state index in [0.29, 0.717) is 24.9 Å². The summed E-state index contributed by atoms with van der Waals surface area (Å²) in [6, 6.07) is 7.79. The number of ether oxygens (including phenoxy) is 1. The zero-order valence-electron chi connectivity index (χ0n) is 10.0. The second kappa shape index (κ2) is 6.47.